The SMILES string of the molecule is CN(Cc1cccc(F)c1F)c1ccc2ncc(-c3ccc(N4C[C@@H](N)CC4=O)cc3)n2n1. The molecule has 1 amide bonds. The molecule has 0 spiro atoms. The van der Waals surface area contributed by atoms with Gasteiger partial charge in [0.1, 0.15) is 5.82 Å². The van der Waals surface area contributed by atoms with E-state index in [2.05, 4.69) is 10.1 Å². The van der Waals surface area contributed by atoms with E-state index in [0.29, 0.717) is 24.4 Å². The molecule has 4 aromatic rings. The predicted octanol–water partition coefficient (Wildman–Crippen LogP) is 3.37. The maximum Gasteiger partial charge on any atom is 0.228 e. The number of halogens is 2. The van der Waals surface area contributed by atoms with Gasteiger partial charge in [-0.05, 0) is 30.3 Å². The fraction of sp³-hybridized carbons (Fsp3) is 0.208. The molecule has 0 bridgehead atoms. The van der Waals surface area contributed by atoms with Crippen molar-refractivity contribution in [3.8, 4) is 11.3 Å². The van der Waals surface area contributed by atoms with Gasteiger partial charge in [-0.2, -0.15) is 0 Å². The summed E-state index contributed by atoms with van der Waals surface area (Å²) in [4.78, 5) is 20.0. The maximum atomic E-state index is 14.1. The van der Waals surface area contributed by atoms with Gasteiger partial charge in [-0.25, -0.2) is 18.3 Å². The van der Waals surface area contributed by atoms with Gasteiger partial charge in [0, 0.05) is 49.4 Å². The van der Waals surface area contributed by atoms with Gasteiger partial charge in [-0.3, -0.25) is 4.79 Å². The fourth-order valence-corrected chi connectivity index (χ4v) is 4.07. The number of nitrogens with two attached hydrogens (primary N) is 1. The molecule has 9 heteroatoms. The summed E-state index contributed by atoms with van der Waals surface area (Å²) < 4.78 is 29.4. The number of amides is 1. The Morgan fingerprint density at radius 3 is 2.64 bits per heavy atom. The Hall–Kier alpha value is -3.85. The fourth-order valence-electron chi connectivity index (χ4n) is 4.07. The molecule has 5 rings (SSSR count). The van der Waals surface area contributed by atoms with Gasteiger partial charge in [0.15, 0.2) is 17.3 Å². The van der Waals surface area contributed by atoms with Gasteiger partial charge in [-0.15, -0.1) is 5.10 Å². The summed E-state index contributed by atoms with van der Waals surface area (Å²) in [5, 5.41) is 4.66. The summed E-state index contributed by atoms with van der Waals surface area (Å²) >= 11 is 0. The number of carbonyl (C=O) groups is 1. The molecule has 1 aliphatic rings. The lowest BCUT2D eigenvalue weighted by molar-refractivity contribution is -0.117. The Kier molecular flexibility index (Phi) is 5.26. The molecule has 1 atom stereocenters. The van der Waals surface area contributed by atoms with Crippen LogP contribution in [0.4, 0.5) is 20.3 Å². The van der Waals surface area contributed by atoms with Crippen LogP contribution in [0, 0.1) is 11.6 Å². The van der Waals surface area contributed by atoms with E-state index in [1.165, 1.54) is 6.07 Å². The zero-order valence-corrected chi connectivity index (χ0v) is 17.9. The van der Waals surface area contributed by atoms with Gasteiger partial charge in [0.05, 0.1) is 11.9 Å². The minimum atomic E-state index is -0.873. The largest absolute Gasteiger partial charge is 0.354 e. The van der Waals surface area contributed by atoms with Crippen molar-refractivity contribution in [3.05, 3.63) is 78.0 Å². The molecule has 0 aliphatic carbocycles. The molecule has 2 N–H and O–H groups in total. The van der Waals surface area contributed by atoms with Crippen molar-refractivity contribution in [3.63, 3.8) is 0 Å². The summed E-state index contributed by atoms with van der Waals surface area (Å²) in [6.45, 7) is 0.670. The average molecular weight is 448 g/mol. The van der Waals surface area contributed by atoms with E-state index in [4.69, 9.17) is 5.73 Å². The number of hydrogen-bond donors (Lipinski definition) is 1. The van der Waals surface area contributed by atoms with Crippen molar-refractivity contribution in [2.24, 2.45) is 5.73 Å². The number of aromatic nitrogens is 3. The molecule has 0 saturated carbocycles. The van der Waals surface area contributed by atoms with Crippen molar-refractivity contribution in [2.45, 2.75) is 19.0 Å². The molecule has 1 aliphatic heterocycles. The smallest absolute Gasteiger partial charge is 0.228 e. The normalized spacial score (nSPS) is 16.1. The lowest BCUT2D eigenvalue weighted by Gasteiger charge is -2.19. The Morgan fingerprint density at radius 2 is 1.91 bits per heavy atom. The van der Waals surface area contributed by atoms with Gasteiger partial charge in [0.25, 0.3) is 0 Å². The number of nitrogens with zero attached hydrogens (tertiary/aromatic N) is 5. The lowest BCUT2D eigenvalue weighted by Crippen LogP contribution is -2.27. The summed E-state index contributed by atoms with van der Waals surface area (Å²) in [5.74, 6) is -1.12. The summed E-state index contributed by atoms with van der Waals surface area (Å²) in [5.41, 5.74) is 9.26. The van der Waals surface area contributed by atoms with Crippen molar-refractivity contribution in [1.29, 1.82) is 0 Å². The van der Waals surface area contributed by atoms with Crippen LogP contribution in [0.2, 0.25) is 0 Å². The van der Waals surface area contributed by atoms with E-state index in [0.717, 1.165) is 23.0 Å². The van der Waals surface area contributed by atoms with Crippen LogP contribution in [0.15, 0.2) is 60.8 Å². The van der Waals surface area contributed by atoms with E-state index in [-0.39, 0.29) is 24.1 Å². The molecule has 2 aromatic carbocycles. The minimum absolute atomic E-state index is 0.0223. The van der Waals surface area contributed by atoms with E-state index in [1.807, 2.05) is 30.3 Å². The third-order valence-corrected chi connectivity index (χ3v) is 5.81. The molecular formula is C24H22F2N6O. The highest BCUT2D eigenvalue weighted by molar-refractivity contribution is 5.96. The number of fused-ring (bicyclic) bond motifs is 1. The van der Waals surface area contributed by atoms with Crippen LogP contribution in [-0.2, 0) is 11.3 Å². The average Bonchev–Trinajstić information content (AvgIpc) is 3.38. The molecule has 7 nitrogen and oxygen atoms in total. The van der Waals surface area contributed by atoms with Crippen LogP contribution in [0.3, 0.4) is 0 Å². The van der Waals surface area contributed by atoms with Crippen molar-refractivity contribution < 1.29 is 13.6 Å². The van der Waals surface area contributed by atoms with Gasteiger partial charge in [0.2, 0.25) is 5.91 Å². The quantitative estimate of drug-likeness (QED) is 0.506. The number of hydrogen-bond acceptors (Lipinski definition) is 5. The number of benzene rings is 2. The molecule has 1 saturated heterocycles. The first-order valence-corrected chi connectivity index (χ1v) is 10.6. The van der Waals surface area contributed by atoms with E-state index in [9.17, 15) is 13.6 Å². The first-order valence-electron chi connectivity index (χ1n) is 10.6. The molecule has 3 heterocycles. The van der Waals surface area contributed by atoms with Crippen molar-refractivity contribution >= 4 is 23.1 Å². The Morgan fingerprint density at radius 1 is 1.12 bits per heavy atom. The van der Waals surface area contributed by atoms with E-state index >= 15 is 0 Å². The van der Waals surface area contributed by atoms with E-state index in [1.54, 1.807) is 39.7 Å². The molecule has 1 fully saturated rings. The van der Waals surface area contributed by atoms with Crippen LogP contribution >= 0.6 is 0 Å². The molecule has 168 valence electrons. The lowest BCUT2D eigenvalue weighted by atomic mass is 10.1. The van der Waals surface area contributed by atoms with Gasteiger partial charge < -0.3 is 15.5 Å². The third kappa shape index (κ3) is 3.91. The minimum Gasteiger partial charge on any atom is -0.354 e. The maximum absolute atomic E-state index is 14.1. The highest BCUT2D eigenvalue weighted by Crippen LogP contribution is 2.27. The van der Waals surface area contributed by atoms with Crippen LogP contribution in [-0.4, -0.2) is 40.1 Å². The van der Waals surface area contributed by atoms with E-state index < -0.39 is 11.6 Å². The second-order valence-corrected chi connectivity index (χ2v) is 8.19. The molecule has 0 unspecified atom stereocenters. The second kappa shape index (κ2) is 8.25. The first kappa shape index (κ1) is 21.0. The number of rotatable bonds is 5. The monoisotopic (exact) mass is 448 g/mol. The zero-order chi connectivity index (χ0) is 23.1. The third-order valence-electron chi connectivity index (χ3n) is 5.81. The van der Waals surface area contributed by atoms with Crippen molar-refractivity contribution in [1.82, 2.24) is 14.6 Å². The topological polar surface area (TPSA) is 79.8 Å². The highest BCUT2D eigenvalue weighted by atomic mass is 19.2. The summed E-state index contributed by atoms with van der Waals surface area (Å²) in [6, 6.07) is 15.2. The van der Waals surface area contributed by atoms with Crippen LogP contribution in [0.25, 0.3) is 16.9 Å². The molecule has 2 aromatic heterocycles. The Bertz CT molecular complexity index is 1340. The van der Waals surface area contributed by atoms with Gasteiger partial charge >= 0.3 is 0 Å². The number of anilines is 2. The summed E-state index contributed by atoms with van der Waals surface area (Å²) in [6.07, 6.45) is 2.08. The second-order valence-electron chi connectivity index (χ2n) is 8.19. The number of imidazole rings is 1. The highest BCUT2D eigenvalue weighted by Gasteiger charge is 2.28. The van der Waals surface area contributed by atoms with Crippen LogP contribution in [0.1, 0.15) is 12.0 Å². The van der Waals surface area contributed by atoms with Crippen LogP contribution < -0.4 is 15.5 Å². The Labute approximate surface area is 189 Å². The standard InChI is InChI=1S/C24H22F2N6O/c1-30(13-16-3-2-4-19(25)24(16)26)22-10-9-21-28-12-20(32(21)29-22)15-5-7-18(8-6-15)31-14-17(27)11-23(31)33/h2-10,12,17H,11,13-14,27H2,1H3/t17-/m0/s1. The number of carbonyl (C=O) groups excluding carboxylic acids is 1. The Balaban J connectivity index is 1.42. The molecule has 33 heavy (non-hydrogen) atoms. The predicted molar refractivity (Wildman–Crippen MR) is 122 cm³/mol. The van der Waals surface area contributed by atoms with Crippen molar-refractivity contribution in [2.75, 3.05) is 23.4 Å². The van der Waals surface area contributed by atoms with Crippen LogP contribution in [0.5, 0.6) is 0 Å². The molecular weight excluding hydrogens is 426 g/mol. The zero-order valence-electron chi connectivity index (χ0n) is 17.9. The van der Waals surface area contributed by atoms with Gasteiger partial charge in [-0.1, -0.05) is 24.3 Å². The first-order chi connectivity index (χ1) is 15.9. The summed E-state index contributed by atoms with van der Waals surface area (Å²) in [7, 11) is 1.77. The molecule has 0 radical (unpaired) electrons.